The maximum atomic E-state index is 13.5. The molecule has 350 valence electrons. The van der Waals surface area contributed by atoms with Crippen molar-refractivity contribution < 1.29 is 24.0 Å². The predicted molar refractivity (Wildman–Crippen MR) is 254 cm³/mol. The van der Waals surface area contributed by atoms with Crippen LogP contribution in [0.2, 0.25) is 0 Å². The largest absolute Gasteiger partial charge is 0.373 e. The third-order valence-electron chi connectivity index (χ3n) is 14.0. The molecule has 7 rings (SSSR count). The Kier molecular flexibility index (Phi) is 14.6. The number of rotatable bonds is 18. The normalized spacial score (nSPS) is 18.8. The van der Waals surface area contributed by atoms with Crippen molar-refractivity contribution in [3.63, 3.8) is 0 Å². The molecule has 1 unspecified atom stereocenters. The molecule has 0 saturated carbocycles. The molecule has 0 aliphatic carbocycles. The third kappa shape index (κ3) is 11.7. The van der Waals surface area contributed by atoms with Crippen LogP contribution in [0.5, 0.6) is 0 Å². The molecule has 5 heterocycles. The first-order valence-electron chi connectivity index (χ1n) is 23.4. The van der Waals surface area contributed by atoms with E-state index in [-0.39, 0.29) is 41.6 Å². The summed E-state index contributed by atoms with van der Waals surface area (Å²) < 4.78 is 0. The average molecular weight is 892 g/mol. The van der Waals surface area contributed by atoms with E-state index in [1.54, 1.807) is 11.2 Å². The van der Waals surface area contributed by atoms with Gasteiger partial charge in [-0.25, -0.2) is 9.97 Å². The highest BCUT2D eigenvalue weighted by molar-refractivity contribution is 6.00. The molecule has 3 saturated heterocycles. The van der Waals surface area contributed by atoms with Crippen LogP contribution in [0.15, 0.2) is 54.9 Å². The summed E-state index contributed by atoms with van der Waals surface area (Å²) >= 11 is 0. The second-order valence-electron chi connectivity index (χ2n) is 20.1. The van der Waals surface area contributed by atoms with Crippen molar-refractivity contribution in [2.75, 3.05) is 86.0 Å². The zero-order valence-corrected chi connectivity index (χ0v) is 39.3. The number of nitrogens with one attached hydrogen (secondary N) is 4. The van der Waals surface area contributed by atoms with Gasteiger partial charge in [-0.05, 0) is 108 Å². The number of fused-ring (bicyclic) bond motifs is 1. The van der Waals surface area contributed by atoms with E-state index < -0.39 is 5.41 Å². The van der Waals surface area contributed by atoms with Crippen molar-refractivity contribution in [2.24, 2.45) is 10.8 Å². The van der Waals surface area contributed by atoms with Crippen LogP contribution in [0.1, 0.15) is 101 Å². The van der Waals surface area contributed by atoms with Crippen molar-refractivity contribution in [3.8, 4) is 0 Å². The summed E-state index contributed by atoms with van der Waals surface area (Å²) in [6.45, 7) is 18.3. The van der Waals surface area contributed by atoms with E-state index in [2.05, 4.69) is 84.0 Å². The monoisotopic (exact) mass is 892 g/mol. The standard InChI is InChI=1S/C49H69N11O5/c1-35(11-16-43(62)54-34-61)60-29-39-38(45(60)64)9-7-10-40(39)56(6)31-48(4,5)46(65)51-22-8-21-50-41-27-42(53-33-52-41)58-25-19-49(20-26-58)32-59(30-44(63)55-49)37-14-12-36(13-15-37)28-57-23-17-47(2,3)18-24-57/h7,9-10,12-15,27,33-35H,8,11,16-26,28-32H2,1-6H3,(H,51,65)(H,55,63)(H,50,52,53)(H,54,61,62). The molecular formula is C49H69N11O5. The van der Waals surface area contributed by atoms with Gasteiger partial charge >= 0.3 is 0 Å². The Morgan fingerprint density at radius 1 is 0.954 bits per heavy atom. The summed E-state index contributed by atoms with van der Waals surface area (Å²) in [4.78, 5) is 82.2. The van der Waals surface area contributed by atoms with Crippen LogP contribution in [-0.4, -0.2) is 127 Å². The molecule has 16 nitrogen and oxygen atoms in total. The number of carbonyl (C=O) groups is 5. The first-order valence-corrected chi connectivity index (χ1v) is 23.4. The summed E-state index contributed by atoms with van der Waals surface area (Å²) in [5.41, 5.74) is 4.24. The fourth-order valence-electron chi connectivity index (χ4n) is 9.78. The van der Waals surface area contributed by atoms with Crippen LogP contribution in [0, 0.1) is 10.8 Å². The zero-order valence-electron chi connectivity index (χ0n) is 39.3. The fourth-order valence-corrected chi connectivity index (χ4v) is 9.78. The van der Waals surface area contributed by atoms with E-state index in [0.717, 1.165) is 80.7 Å². The van der Waals surface area contributed by atoms with Crippen LogP contribution in [0.3, 0.4) is 0 Å². The van der Waals surface area contributed by atoms with Gasteiger partial charge in [-0.1, -0.05) is 32.0 Å². The number of amides is 5. The number of imide groups is 1. The van der Waals surface area contributed by atoms with E-state index in [1.807, 2.05) is 57.0 Å². The molecule has 3 fully saturated rings. The Balaban J connectivity index is 0.836. The van der Waals surface area contributed by atoms with Gasteiger partial charge in [-0.3, -0.25) is 34.2 Å². The number of piperazine rings is 1. The number of nitrogens with zero attached hydrogens (tertiary/aromatic N) is 7. The molecule has 2 aromatic carbocycles. The van der Waals surface area contributed by atoms with Gasteiger partial charge in [0.05, 0.1) is 17.5 Å². The van der Waals surface area contributed by atoms with Crippen LogP contribution < -0.4 is 36.0 Å². The topological polar surface area (TPSA) is 175 Å². The highest BCUT2D eigenvalue weighted by atomic mass is 16.2. The van der Waals surface area contributed by atoms with Gasteiger partial charge in [0.1, 0.15) is 18.0 Å². The Morgan fingerprint density at radius 2 is 1.69 bits per heavy atom. The number of hydrogen-bond acceptors (Lipinski definition) is 12. The van der Waals surface area contributed by atoms with Crippen LogP contribution in [0.4, 0.5) is 23.0 Å². The lowest BCUT2D eigenvalue weighted by Crippen LogP contribution is -2.66. The maximum absolute atomic E-state index is 13.5. The van der Waals surface area contributed by atoms with E-state index in [0.29, 0.717) is 63.0 Å². The molecule has 0 bridgehead atoms. The predicted octanol–water partition coefficient (Wildman–Crippen LogP) is 4.55. The highest BCUT2D eigenvalue weighted by Crippen LogP contribution is 2.36. The quantitative estimate of drug-likeness (QED) is 0.104. The molecular weight excluding hydrogens is 823 g/mol. The SMILES string of the molecule is CC(CCC(=O)NC=O)N1Cc2c(cccc2N(C)CC(C)(C)C(=O)NCCCNc2cc(N3CCC4(CC3)CN(c3ccc(CN5CCC(C)(C)CC5)cc3)CC(=O)N4)ncn2)C1=O. The second kappa shape index (κ2) is 20.2. The molecule has 1 atom stereocenters. The number of likely N-dealkylation sites (tertiary alicyclic amines) is 1. The number of anilines is 4. The molecule has 5 amide bonds. The van der Waals surface area contributed by atoms with Crippen molar-refractivity contribution in [1.82, 2.24) is 35.7 Å². The van der Waals surface area contributed by atoms with Gasteiger partial charge in [-0.15, -0.1) is 0 Å². The Morgan fingerprint density at radius 3 is 2.42 bits per heavy atom. The van der Waals surface area contributed by atoms with Crippen molar-refractivity contribution in [1.29, 1.82) is 0 Å². The summed E-state index contributed by atoms with van der Waals surface area (Å²) in [7, 11) is 1.94. The number of piperidine rings is 2. The number of aromatic nitrogens is 2. The lowest BCUT2D eigenvalue weighted by Gasteiger charge is -2.48. The summed E-state index contributed by atoms with van der Waals surface area (Å²) in [6.07, 6.45) is 7.32. The number of benzene rings is 2. The summed E-state index contributed by atoms with van der Waals surface area (Å²) in [6, 6.07) is 16.2. The van der Waals surface area contributed by atoms with Gasteiger partial charge in [0, 0.05) is 100 Å². The Bertz CT molecular complexity index is 2180. The molecule has 0 radical (unpaired) electrons. The van der Waals surface area contributed by atoms with E-state index in [4.69, 9.17) is 0 Å². The van der Waals surface area contributed by atoms with Gasteiger partial charge < -0.3 is 35.6 Å². The minimum atomic E-state index is -0.726. The lowest BCUT2D eigenvalue weighted by molar-refractivity contribution is -0.129. The van der Waals surface area contributed by atoms with Crippen LogP contribution >= 0.6 is 0 Å². The van der Waals surface area contributed by atoms with Gasteiger partial charge in [0.2, 0.25) is 24.1 Å². The second-order valence-corrected chi connectivity index (χ2v) is 20.1. The number of carbonyl (C=O) groups excluding carboxylic acids is 5. The molecule has 4 aliphatic rings. The molecule has 1 spiro atoms. The van der Waals surface area contributed by atoms with E-state index in [9.17, 15) is 24.0 Å². The van der Waals surface area contributed by atoms with Crippen LogP contribution in [-0.2, 0) is 32.3 Å². The van der Waals surface area contributed by atoms with E-state index in [1.165, 1.54) is 18.4 Å². The van der Waals surface area contributed by atoms with Crippen LogP contribution in [0.25, 0.3) is 0 Å². The minimum Gasteiger partial charge on any atom is -0.373 e. The Hall–Kier alpha value is -5.77. The molecule has 1 aromatic heterocycles. The van der Waals surface area contributed by atoms with E-state index >= 15 is 0 Å². The summed E-state index contributed by atoms with van der Waals surface area (Å²) in [5.74, 6) is 1.11. The van der Waals surface area contributed by atoms with Crippen molar-refractivity contribution in [2.45, 2.75) is 104 Å². The summed E-state index contributed by atoms with van der Waals surface area (Å²) in [5, 5.41) is 12.0. The van der Waals surface area contributed by atoms with Gasteiger partial charge in [0.25, 0.3) is 5.91 Å². The zero-order chi connectivity index (χ0) is 46.4. The minimum absolute atomic E-state index is 0.0632. The van der Waals surface area contributed by atoms with Crippen molar-refractivity contribution >= 4 is 53.0 Å². The third-order valence-corrected chi connectivity index (χ3v) is 14.0. The molecule has 4 N–H and O–H groups in total. The fraction of sp³-hybridized carbons (Fsp3) is 0.571. The lowest BCUT2D eigenvalue weighted by atomic mass is 9.82. The first-order chi connectivity index (χ1) is 31.0. The highest BCUT2D eigenvalue weighted by Gasteiger charge is 2.42. The average Bonchev–Trinajstić information content (AvgIpc) is 3.62. The molecule has 4 aliphatic heterocycles. The van der Waals surface area contributed by atoms with Gasteiger partial charge in [-0.2, -0.15) is 0 Å². The van der Waals surface area contributed by atoms with Gasteiger partial charge in [0.15, 0.2) is 0 Å². The Labute approximate surface area is 384 Å². The maximum Gasteiger partial charge on any atom is 0.254 e. The molecule has 16 heteroatoms. The molecule has 3 aromatic rings. The molecule has 65 heavy (non-hydrogen) atoms. The number of hydrogen-bond donors (Lipinski definition) is 4. The van der Waals surface area contributed by atoms with Crippen molar-refractivity contribution in [3.05, 3.63) is 71.5 Å². The smallest absolute Gasteiger partial charge is 0.254 e. The first kappa shape index (κ1) is 47.2.